The number of nitrogens with two attached hydrogens (primary N) is 1. The first-order valence-corrected chi connectivity index (χ1v) is 6.03. The molecule has 0 aliphatic rings. The standard InChI is InChI=1S/C7H16.C5H13N/c1-3-5-7-6-4-2;1-2-3-4-5-6/h3-7H2,1-2H3;2-6H2,1H3. The summed E-state index contributed by atoms with van der Waals surface area (Å²) in [6, 6.07) is 0. The molecule has 0 bridgehead atoms. The third kappa shape index (κ3) is 24.5. The van der Waals surface area contributed by atoms with Crippen LogP contribution in [-0.2, 0) is 0 Å². The molecule has 0 fully saturated rings. The predicted octanol–water partition coefficient (Wildman–Crippen LogP) is 4.11. The Balaban J connectivity index is 0. The Morgan fingerprint density at radius 1 is 0.615 bits per heavy atom. The second-order valence-corrected chi connectivity index (χ2v) is 3.56. The molecular formula is C12H29N. The van der Waals surface area contributed by atoms with E-state index in [9.17, 15) is 0 Å². The lowest BCUT2D eigenvalue weighted by Gasteiger charge is -1.90. The van der Waals surface area contributed by atoms with Crippen LogP contribution in [0.2, 0.25) is 0 Å². The molecule has 0 aromatic rings. The van der Waals surface area contributed by atoms with Crippen molar-refractivity contribution in [2.75, 3.05) is 6.54 Å². The van der Waals surface area contributed by atoms with Gasteiger partial charge in [0.25, 0.3) is 0 Å². The van der Waals surface area contributed by atoms with Crippen molar-refractivity contribution >= 4 is 0 Å². The van der Waals surface area contributed by atoms with Gasteiger partial charge in [-0.15, -0.1) is 0 Å². The number of hydrogen-bond acceptors (Lipinski definition) is 1. The number of hydrogen-bond donors (Lipinski definition) is 1. The molecule has 0 aromatic carbocycles. The summed E-state index contributed by atoms with van der Waals surface area (Å²) in [5, 5.41) is 0. The van der Waals surface area contributed by atoms with Gasteiger partial charge in [0.1, 0.15) is 0 Å². The van der Waals surface area contributed by atoms with Crippen LogP contribution in [0.5, 0.6) is 0 Å². The van der Waals surface area contributed by atoms with Crippen LogP contribution in [0.3, 0.4) is 0 Å². The minimum Gasteiger partial charge on any atom is -0.330 e. The molecular weight excluding hydrogens is 158 g/mol. The van der Waals surface area contributed by atoms with Gasteiger partial charge >= 0.3 is 0 Å². The van der Waals surface area contributed by atoms with Crippen LogP contribution in [-0.4, -0.2) is 6.54 Å². The van der Waals surface area contributed by atoms with E-state index in [1.165, 1.54) is 51.4 Å². The van der Waals surface area contributed by atoms with Crippen molar-refractivity contribution in [3.8, 4) is 0 Å². The normalized spacial score (nSPS) is 9.23. The average Bonchev–Trinajstić information content (AvgIpc) is 2.17. The van der Waals surface area contributed by atoms with E-state index < -0.39 is 0 Å². The van der Waals surface area contributed by atoms with Crippen molar-refractivity contribution < 1.29 is 0 Å². The third-order valence-corrected chi connectivity index (χ3v) is 2.01. The monoisotopic (exact) mass is 187 g/mol. The van der Waals surface area contributed by atoms with Crippen LogP contribution in [0.25, 0.3) is 0 Å². The Kier molecular flexibility index (Phi) is 21.2. The zero-order valence-corrected chi connectivity index (χ0v) is 9.94. The molecule has 0 aliphatic heterocycles. The fraction of sp³-hybridized carbons (Fsp3) is 1.00. The second-order valence-electron chi connectivity index (χ2n) is 3.56. The van der Waals surface area contributed by atoms with Gasteiger partial charge in [0.2, 0.25) is 0 Å². The Hall–Kier alpha value is -0.0400. The maximum atomic E-state index is 5.21. The van der Waals surface area contributed by atoms with Gasteiger partial charge in [-0.05, 0) is 13.0 Å². The minimum absolute atomic E-state index is 0.855. The highest BCUT2D eigenvalue weighted by atomic mass is 14.5. The fourth-order valence-corrected chi connectivity index (χ4v) is 1.07. The summed E-state index contributed by atoms with van der Waals surface area (Å²) in [5.41, 5.74) is 5.21. The van der Waals surface area contributed by atoms with Crippen molar-refractivity contribution in [2.45, 2.75) is 72.1 Å². The van der Waals surface area contributed by atoms with E-state index in [0.29, 0.717) is 0 Å². The van der Waals surface area contributed by atoms with Crippen LogP contribution in [0.15, 0.2) is 0 Å². The molecule has 0 heterocycles. The molecule has 1 nitrogen and oxygen atoms in total. The van der Waals surface area contributed by atoms with Crippen LogP contribution < -0.4 is 5.73 Å². The third-order valence-electron chi connectivity index (χ3n) is 2.01. The van der Waals surface area contributed by atoms with Gasteiger partial charge in [0.15, 0.2) is 0 Å². The SMILES string of the molecule is CCCCCCC.CCCCCN. The topological polar surface area (TPSA) is 26.0 Å². The summed E-state index contributed by atoms with van der Waals surface area (Å²) < 4.78 is 0. The molecule has 0 aromatic heterocycles. The summed E-state index contributed by atoms with van der Waals surface area (Å²) in [7, 11) is 0. The van der Waals surface area contributed by atoms with Crippen LogP contribution in [0.1, 0.15) is 72.1 Å². The van der Waals surface area contributed by atoms with Gasteiger partial charge in [0, 0.05) is 0 Å². The lowest BCUT2D eigenvalue weighted by molar-refractivity contribution is 0.656. The maximum Gasteiger partial charge on any atom is -0.00773 e. The van der Waals surface area contributed by atoms with Crippen molar-refractivity contribution in [2.24, 2.45) is 5.73 Å². The smallest absolute Gasteiger partial charge is 0.00773 e. The summed E-state index contributed by atoms with van der Waals surface area (Å²) in [6.45, 7) is 7.52. The first-order chi connectivity index (χ1) is 6.33. The van der Waals surface area contributed by atoms with E-state index in [0.717, 1.165) is 6.54 Å². The van der Waals surface area contributed by atoms with E-state index in [-0.39, 0.29) is 0 Å². The maximum absolute atomic E-state index is 5.21. The summed E-state index contributed by atoms with van der Waals surface area (Å²) in [4.78, 5) is 0. The first-order valence-electron chi connectivity index (χ1n) is 6.03. The first kappa shape index (κ1) is 15.4. The molecule has 0 saturated heterocycles. The summed E-state index contributed by atoms with van der Waals surface area (Å²) in [5.74, 6) is 0. The average molecular weight is 187 g/mol. The van der Waals surface area contributed by atoms with Crippen molar-refractivity contribution in [1.29, 1.82) is 0 Å². The van der Waals surface area contributed by atoms with Gasteiger partial charge in [-0.3, -0.25) is 0 Å². The van der Waals surface area contributed by atoms with Crippen LogP contribution in [0, 0.1) is 0 Å². The molecule has 0 amide bonds. The molecule has 0 unspecified atom stereocenters. The molecule has 1 heteroatoms. The largest absolute Gasteiger partial charge is 0.330 e. The molecule has 0 radical (unpaired) electrons. The lowest BCUT2D eigenvalue weighted by Crippen LogP contribution is -1.96. The van der Waals surface area contributed by atoms with E-state index >= 15 is 0 Å². The zero-order chi connectivity index (χ0) is 10.4. The molecule has 13 heavy (non-hydrogen) atoms. The van der Waals surface area contributed by atoms with E-state index in [1.54, 1.807) is 0 Å². The molecule has 0 atom stereocenters. The molecule has 82 valence electrons. The van der Waals surface area contributed by atoms with Gasteiger partial charge in [-0.25, -0.2) is 0 Å². The molecule has 2 N–H and O–H groups in total. The van der Waals surface area contributed by atoms with E-state index in [1.807, 2.05) is 0 Å². The zero-order valence-electron chi connectivity index (χ0n) is 9.94. The van der Waals surface area contributed by atoms with Gasteiger partial charge in [0.05, 0.1) is 0 Å². The molecule has 0 rings (SSSR count). The van der Waals surface area contributed by atoms with E-state index in [4.69, 9.17) is 5.73 Å². The molecule has 0 aliphatic carbocycles. The van der Waals surface area contributed by atoms with Crippen LogP contribution in [0.4, 0.5) is 0 Å². The van der Waals surface area contributed by atoms with Gasteiger partial charge in [-0.1, -0.05) is 65.7 Å². The Bertz CT molecular complexity index is 54.1. The number of rotatable bonds is 7. The van der Waals surface area contributed by atoms with Gasteiger partial charge < -0.3 is 5.73 Å². The van der Waals surface area contributed by atoms with Crippen molar-refractivity contribution in [1.82, 2.24) is 0 Å². The van der Waals surface area contributed by atoms with Crippen LogP contribution >= 0.6 is 0 Å². The fourth-order valence-electron chi connectivity index (χ4n) is 1.07. The van der Waals surface area contributed by atoms with Crippen molar-refractivity contribution in [3.05, 3.63) is 0 Å². The van der Waals surface area contributed by atoms with E-state index in [2.05, 4.69) is 20.8 Å². The molecule has 0 saturated carbocycles. The summed E-state index contributed by atoms with van der Waals surface area (Å²) in [6.07, 6.45) is 10.8. The highest BCUT2D eigenvalue weighted by Gasteiger charge is 1.80. The van der Waals surface area contributed by atoms with Gasteiger partial charge in [-0.2, -0.15) is 0 Å². The minimum atomic E-state index is 0.855. The lowest BCUT2D eigenvalue weighted by atomic mass is 10.2. The highest BCUT2D eigenvalue weighted by molar-refractivity contribution is 4.36. The Morgan fingerprint density at radius 3 is 1.23 bits per heavy atom. The second kappa shape index (κ2) is 17.9. The Morgan fingerprint density at radius 2 is 1.00 bits per heavy atom. The quantitative estimate of drug-likeness (QED) is 0.596. The highest BCUT2D eigenvalue weighted by Crippen LogP contribution is 2.00. The predicted molar refractivity (Wildman–Crippen MR) is 63.0 cm³/mol. The molecule has 0 spiro atoms. The Labute approximate surface area is 85.1 Å². The van der Waals surface area contributed by atoms with Crippen molar-refractivity contribution in [3.63, 3.8) is 0 Å². The summed E-state index contributed by atoms with van der Waals surface area (Å²) >= 11 is 0. The number of unbranched alkanes of at least 4 members (excludes halogenated alkanes) is 6.